The maximum Gasteiger partial charge on any atom is 0.164 e. The normalized spacial score (nSPS) is 11.8. The van der Waals surface area contributed by atoms with Crippen molar-refractivity contribution in [3.8, 4) is 78.7 Å². The smallest absolute Gasteiger partial charge is 0.164 e. The lowest BCUT2D eigenvalue weighted by Crippen LogP contribution is -2.00. The second kappa shape index (κ2) is 11.7. The minimum atomic E-state index is 0.598. The van der Waals surface area contributed by atoms with Crippen LogP contribution in [0.3, 0.4) is 0 Å². The number of rotatable bonds is 5. The summed E-state index contributed by atoms with van der Waals surface area (Å²) in [6.07, 6.45) is 0. The standard InChI is InChI=1S/C49H29N3O/c1-2-12-30(13-3-1)31-14-8-16-33(28-31)47-50-48(52-49(51-47)42-23-11-25-44-46(42)41-20-6-7-24-43(41)53-44)34-17-9-15-32(29-34)35-26-27-40-37-19-5-4-18-36(37)39-22-10-21-38(35)45(39)40/h1-29H. The van der Waals surface area contributed by atoms with Crippen LogP contribution in [-0.4, -0.2) is 15.0 Å². The molecule has 11 rings (SSSR count). The predicted octanol–water partition coefficient (Wildman–Crippen LogP) is 12.9. The van der Waals surface area contributed by atoms with E-state index in [1.807, 2.05) is 36.4 Å². The van der Waals surface area contributed by atoms with Crippen LogP contribution in [0.4, 0.5) is 0 Å². The van der Waals surface area contributed by atoms with Gasteiger partial charge in [-0.25, -0.2) is 15.0 Å². The minimum Gasteiger partial charge on any atom is -0.456 e. The summed E-state index contributed by atoms with van der Waals surface area (Å²) in [5.74, 6) is 1.82. The van der Waals surface area contributed by atoms with E-state index in [1.165, 1.54) is 38.6 Å². The molecule has 2 heterocycles. The van der Waals surface area contributed by atoms with Crippen LogP contribution in [0.25, 0.3) is 111 Å². The lowest BCUT2D eigenvalue weighted by molar-refractivity contribution is 0.669. The fourth-order valence-corrected chi connectivity index (χ4v) is 8.07. The van der Waals surface area contributed by atoms with Crippen LogP contribution in [0.1, 0.15) is 0 Å². The Morgan fingerprint density at radius 2 is 0.792 bits per heavy atom. The van der Waals surface area contributed by atoms with Crippen LogP contribution in [-0.2, 0) is 0 Å². The molecular formula is C49H29N3O. The van der Waals surface area contributed by atoms with Gasteiger partial charge in [-0.15, -0.1) is 0 Å². The maximum atomic E-state index is 6.28. The average molecular weight is 676 g/mol. The molecule has 0 radical (unpaired) electrons. The molecule has 1 aliphatic rings. The molecule has 4 heteroatoms. The number of benzene rings is 8. The van der Waals surface area contributed by atoms with Crippen molar-refractivity contribution in [2.45, 2.75) is 0 Å². The number of hydrogen-bond donors (Lipinski definition) is 0. The third-order valence-electron chi connectivity index (χ3n) is 10.5. The van der Waals surface area contributed by atoms with Crippen LogP contribution < -0.4 is 0 Å². The van der Waals surface area contributed by atoms with Gasteiger partial charge in [-0.2, -0.15) is 0 Å². The Morgan fingerprint density at radius 1 is 0.283 bits per heavy atom. The molecule has 53 heavy (non-hydrogen) atoms. The molecule has 10 aromatic rings. The van der Waals surface area contributed by atoms with Crippen molar-refractivity contribution in [3.05, 3.63) is 176 Å². The number of hydrogen-bond acceptors (Lipinski definition) is 4. The number of para-hydroxylation sites is 1. The largest absolute Gasteiger partial charge is 0.456 e. The first-order valence-corrected chi connectivity index (χ1v) is 17.9. The minimum absolute atomic E-state index is 0.598. The maximum absolute atomic E-state index is 6.28. The molecule has 0 amide bonds. The summed E-state index contributed by atoms with van der Waals surface area (Å²) >= 11 is 0. The summed E-state index contributed by atoms with van der Waals surface area (Å²) in [5.41, 5.74) is 14.1. The summed E-state index contributed by atoms with van der Waals surface area (Å²) in [6, 6.07) is 61.5. The summed E-state index contributed by atoms with van der Waals surface area (Å²) in [5, 5.41) is 4.57. The third kappa shape index (κ3) is 4.73. The van der Waals surface area contributed by atoms with Gasteiger partial charge in [-0.1, -0.05) is 152 Å². The van der Waals surface area contributed by atoms with Gasteiger partial charge < -0.3 is 4.42 Å². The van der Waals surface area contributed by atoms with E-state index in [9.17, 15) is 0 Å². The Kier molecular flexibility index (Phi) is 6.52. The van der Waals surface area contributed by atoms with E-state index in [4.69, 9.17) is 19.4 Å². The molecular weight excluding hydrogens is 647 g/mol. The van der Waals surface area contributed by atoms with E-state index in [0.717, 1.165) is 55.3 Å². The summed E-state index contributed by atoms with van der Waals surface area (Å²) in [7, 11) is 0. The SMILES string of the molecule is c1ccc(-c2cccc(-c3nc(-c4cccc(-c5ccc6c7c(cccc57)-c5ccccc5-6)c4)nc(-c4cccc5oc6ccccc6c45)n3)c2)cc1. The predicted molar refractivity (Wildman–Crippen MR) is 216 cm³/mol. The molecule has 2 aromatic heterocycles. The molecule has 1 aliphatic carbocycles. The van der Waals surface area contributed by atoms with Gasteiger partial charge in [0, 0.05) is 27.5 Å². The average Bonchev–Trinajstić information content (AvgIpc) is 3.78. The van der Waals surface area contributed by atoms with Crippen molar-refractivity contribution >= 4 is 32.7 Å². The monoisotopic (exact) mass is 675 g/mol. The number of aromatic nitrogens is 3. The number of fused-ring (bicyclic) bond motifs is 6. The molecule has 0 fully saturated rings. The summed E-state index contributed by atoms with van der Waals surface area (Å²) in [4.78, 5) is 15.6. The molecule has 0 N–H and O–H groups in total. The van der Waals surface area contributed by atoms with Crippen LogP contribution in [0.5, 0.6) is 0 Å². The van der Waals surface area contributed by atoms with Gasteiger partial charge in [0.25, 0.3) is 0 Å². The van der Waals surface area contributed by atoms with E-state index in [2.05, 4.69) is 140 Å². The quantitative estimate of drug-likeness (QED) is 0.182. The van der Waals surface area contributed by atoms with Crippen LogP contribution >= 0.6 is 0 Å². The van der Waals surface area contributed by atoms with E-state index >= 15 is 0 Å². The highest BCUT2D eigenvalue weighted by molar-refractivity contribution is 6.18. The van der Waals surface area contributed by atoms with Gasteiger partial charge in [0.05, 0.1) is 0 Å². The fraction of sp³-hybridized carbons (Fsp3) is 0. The molecule has 246 valence electrons. The Morgan fingerprint density at radius 3 is 1.60 bits per heavy atom. The van der Waals surface area contributed by atoms with Gasteiger partial charge in [-0.05, 0) is 79.5 Å². The second-order valence-corrected chi connectivity index (χ2v) is 13.5. The van der Waals surface area contributed by atoms with Crippen LogP contribution in [0.15, 0.2) is 180 Å². The molecule has 0 aliphatic heterocycles. The van der Waals surface area contributed by atoms with Gasteiger partial charge >= 0.3 is 0 Å². The van der Waals surface area contributed by atoms with Crippen LogP contribution in [0, 0.1) is 0 Å². The highest BCUT2D eigenvalue weighted by Gasteiger charge is 2.23. The van der Waals surface area contributed by atoms with Crippen molar-refractivity contribution < 1.29 is 4.42 Å². The molecule has 0 atom stereocenters. The first-order chi connectivity index (χ1) is 26.3. The topological polar surface area (TPSA) is 51.8 Å². The molecule has 0 saturated carbocycles. The zero-order valence-corrected chi connectivity index (χ0v) is 28.5. The van der Waals surface area contributed by atoms with Crippen LogP contribution in [0.2, 0.25) is 0 Å². The number of nitrogens with zero attached hydrogens (tertiary/aromatic N) is 3. The number of furan rings is 1. The lowest BCUT2D eigenvalue weighted by Gasteiger charge is -2.12. The fourth-order valence-electron chi connectivity index (χ4n) is 8.07. The van der Waals surface area contributed by atoms with E-state index in [1.54, 1.807) is 0 Å². The second-order valence-electron chi connectivity index (χ2n) is 13.5. The lowest BCUT2D eigenvalue weighted by atomic mass is 9.93. The Labute approximate surface area is 305 Å². The first-order valence-electron chi connectivity index (χ1n) is 17.9. The highest BCUT2D eigenvalue weighted by atomic mass is 16.3. The molecule has 0 bridgehead atoms. The summed E-state index contributed by atoms with van der Waals surface area (Å²) < 4.78 is 6.28. The van der Waals surface area contributed by atoms with Gasteiger partial charge in [0.15, 0.2) is 17.5 Å². The van der Waals surface area contributed by atoms with Gasteiger partial charge in [0.1, 0.15) is 11.2 Å². The molecule has 0 unspecified atom stereocenters. The third-order valence-corrected chi connectivity index (χ3v) is 10.5. The van der Waals surface area contributed by atoms with Gasteiger partial charge in [0.2, 0.25) is 0 Å². The van der Waals surface area contributed by atoms with Crippen molar-refractivity contribution in [2.24, 2.45) is 0 Å². The molecule has 4 nitrogen and oxygen atoms in total. The highest BCUT2D eigenvalue weighted by Crippen LogP contribution is 2.49. The Bertz CT molecular complexity index is 3040. The molecule has 0 saturated heterocycles. The van der Waals surface area contributed by atoms with E-state index in [-0.39, 0.29) is 0 Å². The van der Waals surface area contributed by atoms with Gasteiger partial charge in [-0.3, -0.25) is 0 Å². The zero-order valence-electron chi connectivity index (χ0n) is 28.5. The Hall–Kier alpha value is -7.17. The van der Waals surface area contributed by atoms with Crippen molar-refractivity contribution in [1.29, 1.82) is 0 Å². The zero-order chi connectivity index (χ0) is 34.9. The van der Waals surface area contributed by atoms with Crippen molar-refractivity contribution in [2.75, 3.05) is 0 Å². The summed E-state index contributed by atoms with van der Waals surface area (Å²) in [6.45, 7) is 0. The van der Waals surface area contributed by atoms with E-state index in [0.29, 0.717) is 17.5 Å². The Balaban J connectivity index is 1.11. The first kappa shape index (κ1) is 29.5. The van der Waals surface area contributed by atoms with Crippen molar-refractivity contribution in [1.82, 2.24) is 15.0 Å². The molecule has 0 spiro atoms. The molecule has 8 aromatic carbocycles. The van der Waals surface area contributed by atoms with Crippen molar-refractivity contribution in [3.63, 3.8) is 0 Å². The van der Waals surface area contributed by atoms with E-state index < -0.39 is 0 Å².